The Morgan fingerprint density at radius 3 is 2.62 bits per heavy atom. The van der Waals surface area contributed by atoms with Crippen LogP contribution in [0.2, 0.25) is 0 Å². The topological polar surface area (TPSA) is 102 Å². The van der Waals surface area contributed by atoms with Gasteiger partial charge in [0.25, 0.3) is 5.91 Å². The van der Waals surface area contributed by atoms with Gasteiger partial charge in [-0.2, -0.15) is 0 Å². The maximum absolute atomic E-state index is 13.5. The lowest BCUT2D eigenvalue weighted by atomic mass is 10.3. The molecule has 1 N–H and O–H groups in total. The number of esters is 1. The third-order valence-corrected chi connectivity index (χ3v) is 5.22. The summed E-state index contributed by atoms with van der Waals surface area (Å²) in [4.78, 5) is 25.0. The number of benzene rings is 1. The van der Waals surface area contributed by atoms with E-state index in [0.29, 0.717) is 26.3 Å². The number of sulfonamides is 1. The fraction of sp³-hybridized carbons (Fsp3) is 0.500. The molecule has 1 amide bonds. The van der Waals surface area contributed by atoms with Gasteiger partial charge >= 0.3 is 5.97 Å². The van der Waals surface area contributed by atoms with Crippen LogP contribution in [-0.4, -0.2) is 64.1 Å². The lowest BCUT2D eigenvalue weighted by Crippen LogP contribution is -2.46. The largest absolute Gasteiger partial charge is 0.452 e. The molecule has 0 spiro atoms. The zero-order valence-corrected chi connectivity index (χ0v) is 15.1. The van der Waals surface area contributed by atoms with Gasteiger partial charge in [-0.05, 0) is 19.1 Å². The molecular weight excluding hydrogens is 367 g/mol. The summed E-state index contributed by atoms with van der Waals surface area (Å²) in [7, 11) is -4.07. The van der Waals surface area contributed by atoms with Crippen molar-refractivity contribution in [3.05, 3.63) is 30.1 Å². The quantitative estimate of drug-likeness (QED) is 0.674. The van der Waals surface area contributed by atoms with E-state index in [9.17, 15) is 22.4 Å². The average Bonchev–Trinajstić information content (AvgIpc) is 2.61. The van der Waals surface area contributed by atoms with E-state index < -0.39 is 32.8 Å². The number of nitrogens with one attached hydrogen (secondary N) is 1. The molecule has 1 fully saturated rings. The summed E-state index contributed by atoms with van der Waals surface area (Å²) in [6.07, 6.45) is -1.25. The molecule has 1 aromatic carbocycles. The van der Waals surface area contributed by atoms with E-state index in [1.54, 1.807) is 4.90 Å². The highest BCUT2D eigenvalue weighted by Crippen LogP contribution is 2.13. The van der Waals surface area contributed by atoms with Crippen LogP contribution in [0.4, 0.5) is 4.39 Å². The van der Waals surface area contributed by atoms with E-state index in [1.165, 1.54) is 19.1 Å². The molecule has 0 radical (unpaired) electrons. The Bertz CT molecular complexity index is 749. The number of ether oxygens (including phenoxy) is 2. The van der Waals surface area contributed by atoms with Crippen molar-refractivity contribution in [3.63, 3.8) is 0 Å². The molecule has 1 aliphatic heterocycles. The van der Waals surface area contributed by atoms with Crippen LogP contribution >= 0.6 is 0 Å². The first-order valence-corrected chi connectivity index (χ1v) is 9.60. The third kappa shape index (κ3) is 5.48. The number of hydrogen-bond acceptors (Lipinski definition) is 6. The molecule has 0 bridgehead atoms. The van der Waals surface area contributed by atoms with Crippen LogP contribution in [-0.2, 0) is 29.1 Å². The molecule has 0 aromatic heterocycles. The summed E-state index contributed by atoms with van der Waals surface area (Å²) in [5.74, 6) is -1.93. The molecule has 1 unspecified atom stereocenters. The number of rotatable bonds is 7. The molecule has 0 saturated carbocycles. The molecule has 1 aliphatic rings. The van der Waals surface area contributed by atoms with Gasteiger partial charge in [0, 0.05) is 19.6 Å². The van der Waals surface area contributed by atoms with Gasteiger partial charge in [-0.1, -0.05) is 12.1 Å². The van der Waals surface area contributed by atoms with Gasteiger partial charge in [-0.3, -0.25) is 9.59 Å². The van der Waals surface area contributed by atoms with Crippen molar-refractivity contribution in [2.45, 2.75) is 24.3 Å². The van der Waals surface area contributed by atoms with Crippen molar-refractivity contribution in [2.24, 2.45) is 0 Å². The second-order valence-electron chi connectivity index (χ2n) is 5.65. The van der Waals surface area contributed by atoms with Gasteiger partial charge < -0.3 is 14.4 Å². The summed E-state index contributed by atoms with van der Waals surface area (Å²) in [6, 6.07) is 4.92. The molecule has 144 valence electrons. The molecule has 0 aliphatic carbocycles. The molecular formula is C16H21FN2O6S. The molecule has 1 heterocycles. The smallest absolute Gasteiger partial charge is 0.307 e. The van der Waals surface area contributed by atoms with E-state index in [0.717, 1.165) is 12.1 Å². The van der Waals surface area contributed by atoms with Crippen LogP contribution in [0.3, 0.4) is 0 Å². The van der Waals surface area contributed by atoms with Gasteiger partial charge in [0.1, 0.15) is 10.7 Å². The SMILES string of the molecule is CC(OC(=O)CCNS(=O)(=O)c1ccccc1F)C(=O)N1CCOCC1. The van der Waals surface area contributed by atoms with E-state index in [2.05, 4.69) is 4.72 Å². The lowest BCUT2D eigenvalue weighted by molar-refractivity contribution is -0.160. The predicted molar refractivity (Wildman–Crippen MR) is 89.2 cm³/mol. The maximum atomic E-state index is 13.5. The summed E-state index contributed by atoms with van der Waals surface area (Å²) >= 11 is 0. The Hall–Kier alpha value is -2.04. The highest BCUT2D eigenvalue weighted by Gasteiger charge is 2.25. The Morgan fingerprint density at radius 1 is 1.31 bits per heavy atom. The van der Waals surface area contributed by atoms with Crippen LogP contribution in [0.5, 0.6) is 0 Å². The van der Waals surface area contributed by atoms with Crippen molar-refractivity contribution in [1.82, 2.24) is 9.62 Å². The summed E-state index contributed by atoms with van der Waals surface area (Å²) in [6.45, 7) is 2.92. The molecule has 26 heavy (non-hydrogen) atoms. The molecule has 2 rings (SSSR count). The number of halogens is 1. The minimum absolute atomic E-state index is 0.270. The predicted octanol–water partition coefficient (Wildman–Crippen LogP) is 0.285. The Labute approximate surface area is 151 Å². The number of hydrogen-bond donors (Lipinski definition) is 1. The van der Waals surface area contributed by atoms with Crippen molar-refractivity contribution in [3.8, 4) is 0 Å². The number of amides is 1. The normalized spacial score (nSPS) is 16.2. The molecule has 1 atom stereocenters. The van der Waals surface area contributed by atoms with Crippen LogP contribution in [0, 0.1) is 5.82 Å². The van der Waals surface area contributed by atoms with Crippen LogP contribution < -0.4 is 4.72 Å². The highest BCUT2D eigenvalue weighted by molar-refractivity contribution is 7.89. The van der Waals surface area contributed by atoms with Crippen molar-refractivity contribution < 1.29 is 31.9 Å². The first-order valence-electron chi connectivity index (χ1n) is 8.11. The molecule has 1 saturated heterocycles. The first kappa shape index (κ1) is 20.3. The molecule has 1 aromatic rings. The van der Waals surface area contributed by atoms with Gasteiger partial charge in [0.15, 0.2) is 6.10 Å². The first-order chi connectivity index (χ1) is 12.3. The monoisotopic (exact) mass is 388 g/mol. The van der Waals surface area contributed by atoms with E-state index in [-0.39, 0.29) is 18.9 Å². The molecule has 10 heteroatoms. The second-order valence-corrected chi connectivity index (χ2v) is 7.38. The number of nitrogens with zero attached hydrogens (tertiary/aromatic N) is 1. The number of morpholine rings is 1. The van der Waals surface area contributed by atoms with E-state index >= 15 is 0 Å². The van der Waals surface area contributed by atoms with Crippen LogP contribution in [0.15, 0.2) is 29.2 Å². The van der Waals surface area contributed by atoms with Gasteiger partial charge in [0.2, 0.25) is 10.0 Å². The summed E-state index contributed by atoms with van der Waals surface area (Å²) < 4.78 is 49.8. The minimum atomic E-state index is -4.07. The Kier molecular flexibility index (Phi) is 7.06. The van der Waals surface area contributed by atoms with E-state index in [1.807, 2.05) is 0 Å². The van der Waals surface area contributed by atoms with Gasteiger partial charge in [0.05, 0.1) is 19.6 Å². The van der Waals surface area contributed by atoms with Crippen LogP contribution in [0.25, 0.3) is 0 Å². The molecule has 8 nitrogen and oxygen atoms in total. The summed E-state index contributed by atoms with van der Waals surface area (Å²) in [5.41, 5.74) is 0. The zero-order valence-electron chi connectivity index (χ0n) is 14.3. The van der Waals surface area contributed by atoms with Gasteiger partial charge in [-0.25, -0.2) is 17.5 Å². The zero-order chi connectivity index (χ0) is 19.2. The van der Waals surface area contributed by atoms with Gasteiger partial charge in [-0.15, -0.1) is 0 Å². The Balaban J connectivity index is 1.79. The summed E-state index contributed by atoms with van der Waals surface area (Å²) in [5, 5.41) is 0. The van der Waals surface area contributed by atoms with Crippen LogP contribution in [0.1, 0.15) is 13.3 Å². The van der Waals surface area contributed by atoms with Crippen molar-refractivity contribution in [2.75, 3.05) is 32.8 Å². The second kappa shape index (κ2) is 9.06. The standard InChI is InChI=1S/C16H21FN2O6S/c1-12(16(21)19-8-10-24-11-9-19)25-15(20)6-7-18-26(22,23)14-5-3-2-4-13(14)17/h2-5,12,18H,6-11H2,1H3. The van der Waals surface area contributed by atoms with Crippen molar-refractivity contribution >= 4 is 21.9 Å². The van der Waals surface area contributed by atoms with Crippen molar-refractivity contribution in [1.29, 1.82) is 0 Å². The lowest BCUT2D eigenvalue weighted by Gasteiger charge is -2.28. The van der Waals surface area contributed by atoms with E-state index in [4.69, 9.17) is 9.47 Å². The minimum Gasteiger partial charge on any atom is -0.452 e. The maximum Gasteiger partial charge on any atom is 0.307 e. The third-order valence-electron chi connectivity index (χ3n) is 3.73. The number of carbonyl (C=O) groups excluding carboxylic acids is 2. The number of carbonyl (C=O) groups is 2. The fourth-order valence-electron chi connectivity index (χ4n) is 2.38. The fourth-order valence-corrected chi connectivity index (χ4v) is 3.48. The average molecular weight is 388 g/mol. The Morgan fingerprint density at radius 2 is 1.96 bits per heavy atom. The highest BCUT2D eigenvalue weighted by atomic mass is 32.2.